The van der Waals surface area contributed by atoms with Gasteiger partial charge in [-0.05, 0) is 41.8 Å². The van der Waals surface area contributed by atoms with E-state index in [1.165, 1.54) is 9.69 Å². The van der Waals surface area contributed by atoms with Crippen molar-refractivity contribution >= 4 is 47.3 Å². The number of para-hydroxylation sites is 1. The standard InChI is InChI=1S/C24H28N8O8S/c1-40-24(39)26-15-9-10-19(34)30-11-5-8-17(32(30)22(15)38)21(37)25-16(12-20(35)36)18(33)13-41-23-27-28-29-31(23)14-6-3-2-4-7-14/h2-4,6-7,15-17H,5,8-13H2,1H3,(H,25,37)(H,26,39)(H,35,36). The predicted molar refractivity (Wildman–Crippen MR) is 139 cm³/mol. The maximum absolute atomic E-state index is 13.4. The number of rotatable bonds is 10. The normalized spacial score (nSPS) is 19.5. The minimum atomic E-state index is -1.43. The number of alkyl carbamates (subject to hydrolysis) is 1. The molecule has 0 saturated carbocycles. The summed E-state index contributed by atoms with van der Waals surface area (Å²) in [5.41, 5.74) is 0.654. The molecule has 4 amide bonds. The second-order valence-electron chi connectivity index (χ2n) is 9.21. The second-order valence-corrected chi connectivity index (χ2v) is 10.2. The third-order valence-electron chi connectivity index (χ3n) is 6.51. The molecule has 0 aliphatic carbocycles. The lowest BCUT2D eigenvalue weighted by Crippen LogP contribution is -2.64. The van der Waals surface area contributed by atoms with Gasteiger partial charge in [0.25, 0.3) is 5.91 Å². The molecule has 3 unspecified atom stereocenters. The van der Waals surface area contributed by atoms with Crippen LogP contribution in [-0.4, -0.2) is 108 Å². The summed E-state index contributed by atoms with van der Waals surface area (Å²) in [5, 5.41) is 28.2. The number of carbonyl (C=O) groups is 6. The summed E-state index contributed by atoms with van der Waals surface area (Å²) in [6.07, 6.45) is -1.08. The van der Waals surface area contributed by atoms with Gasteiger partial charge in [-0.3, -0.25) is 29.0 Å². The Morgan fingerprint density at radius 2 is 1.93 bits per heavy atom. The number of carboxylic acid groups (broad SMARTS) is 1. The number of tetrazole rings is 1. The zero-order valence-electron chi connectivity index (χ0n) is 22.0. The number of hydrogen-bond donors (Lipinski definition) is 3. The van der Waals surface area contributed by atoms with Crippen LogP contribution in [0.1, 0.15) is 32.1 Å². The largest absolute Gasteiger partial charge is 0.481 e. The molecule has 3 atom stereocenters. The Labute approximate surface area is 237 Å². The van der Waals surface area contributed by atoms with E-state index in [0.717, 1.165) is 23.9 Å². The van der Waals surface area contributed by atoms with Crippen molar-refractivity contribution in [3.05, 3.63) is 30.3 Å². The van der Waals surface area contributed by atoms with E-state index in [2.05, 4.69) is 30.9 Å². The molecule has 41 heavy (non-hydrogen) atoms. The van der Waals surface area contributed by atoms with Gasteiger partial charge in [-0.25, -0.2) is 9.80 Å². The van der Waals surface area contributed by atoms with Gasteiger partial charge in [0, 0.05) is 13.0 Å². The van der Waals surface area contributed by atoms with E-state index in [0.29, 0.717) is 12.1 Å². The van der Waals surface area contributed by atoms with Crippen molar-refractivity contribution in [3.8, 4) is 5.69 Å². The predicted octanol–water partition coefficient (Wildman–Crippen LogP) is -0.464. The Morgan fingerprint density at radius 3 is 2.63 bits per heavy atom. The number of carboxylic acids is 1. The fourth-order valence-electron chi connectivity index (χ4n) is 4.53. The molecule has 1 aromatic carbocycles. The van der Waals surface area contributed by atoms with Crippen LogP contribution in [0.2, 0.25) is 0 Å². The Balaban J connectivity index is 1.48. The topological polar surface area (TPSA) is 206 Å². The van der Waals surface area contributed by atoms with E-state index in [9.17, 15) is 33.9 Å². The lowest BCUT2D eigenvalue weighted by molar-refractivity contribution is -0.176. The van der Waals surface area contributed by atoms with Crippen LogP contribution in [0.25, 0.3) is 5.69 Å². The van der Waals surface area contributed by atoms with Crippen molar-refractivity contribution in [2.45, 2.75) is 55.4 Å². The molecule has 2 aliphatic heterocycles. The third-order valence-corrected chi connectivity index (χ3v) is 7.45. The fourth-order valence-corrected chi connectivity index (χ4v) is 5.36. The zero-order valence-corrected chi connectivity index (χ0v) is 22.8. The number of aromatic nitrogens is 4. The highest BCUT2D eigenvalue weighted by Crippen LogP contribution is 2.25. The quantitative estimate of drug-likeness (QED) is 0.301. The Bertz CT molecular complexity index is 1320. The molecule has 0 radical (unpaired) electrons. The maximum atomic E-state index is 13.4. The van der Waals surface area contributed by atoms with Gasteiger partial charge in [-0.2, -0.15) is 4.68 Å². The molecular weight excluding hydrogens is 560 g/mol. The first kappa shape index (κ1) is 29.4. The molecular formula is C24H28N8O8S. The number of benzene rings is 1. The highest BCUT2D eigenvalue weighted by Gasteiger charge is 2.45. The summed E-state index contributed by atoms with van der Waals surface area (Å²) < 4.78 is 5.99. The number of ether oxygens (including phenoxy) is 1. The van der Waals surface area contributed by atoms with Gasteiger partial charge in [-0.15, -0.1) is 5.10 Å². The lowest BCUT2D eigenvalue weighted by Gasteiger charge is -2.43. The molecule has 16 nitrogen and oxygen atoms in total. The number of amides is 4. The molecule has 4 rings (SSSR count). The highest BCUT2D eigenvalue weighted by molar-refractivity contribution is 7.99. The molecule has 2 saturated heterocycles. The van der Waals surface area contributed by atoms with E-state index in [1.807, 2.05) is 6.07 Å². The average molecular weight is 589 g/mol. The van der Waals surface area contributed by atoms with Crippen LogP contribution >= 0.6 is 11.8 Å². The number of thioether (sulfide) groups is 1. The molecule has 218 valence electrons. The van der Waals surface area contributed by atoms with Gasteiger partial charge in [0.1, 0.15) is 12.1 Å². The van der Waals surface area contributed by atoms with Crippen LogP contribution in [0.4, 0.5) is 4.79 Å². The fraction of sp³-hybridized carbons (Fsp3) is 0.458. The van der Waals surface area contributed by atoms with Gasteiger partial charge in [-0.1, -0.05) is 30.0 Å². The maximum Gasteiger partial charge on any atom is 0.407 e. The first-order valence-corrected chi connectivity index (χ1v) is 13.7. The number of carbonyl (C=O) groups excluding carboxylic acids is 5. The molecule has 2 aromatic rings. The number of ketones is 1. The van der Waals surface area contributed by atoms with Gasteiger partial charge in [0.05, 0.1) is 31.0 Å². The molecule has 2 aliphatic rings. The summed E-state index contributed by atoms with van der Waals surface area (Å²) in [4.78, 5) is 76.0. The summed E-state index contributed by atoms with van der Waals surface area (Å²) >= 11 is 0.968. The zero-order chi connectivity index (χ0) is 29.5. The van der Waals surface area contributed by atoms with Crippen LogP contribution in [0.15, 0.2) is 35.5 Å². The van der Waals surface area contributed by atoms with Crippen LogP contribution in [0.5, 0.6) is 0 Å². The van der Waals surface area contributed by atoms with E-state index in [1.54, 1.807) is 24.3 Å². The van der Waals surface area contributed by atoms with Crippen molar-refractivity contribution in [1.82, 2.24) is 40.9 Å². The average Bonchev–Trinajstić information content (AvgIpc) is 3.41. The number of hydrazine groups is 1. The van der Waals surface area contributed by atoms with Crippen molar-refractivity contribution in [2.24, 2.45) is 0 Å². The summed E-state index contributed by atoms with van der Waals surface area (Å²) in [6.45, 7) is 0.184. The van der Waals surface area contributed by atoms with Crippen LogP contribution < -0.4 is 10.6 Å². The Hall–Kier alpha value is -4.54. The molecule has 1 aromatic heterocycles. The van der Waals surface area contributed by atoms with E-state index < -0.39 is 60.1 Å². The Kier molecular flexibility index (Phi) is 9.49. The summed E-state index contributed by atoms with van der Waals surface area (Å²) in [5.74, 6) is -4.08. The molecule has 17 heteroatoms. The van der Waals surface area contributed by atoms with Gasteiger partial charge in [0.2, 0.25) is 17.0 Å². The van der Waals surface area contributed by atoms with E-state index in [4.69, 9.17) is 0 Å². The number of hydrogen-bond acceptors (Lipinski definition) is 11. The molecule has 3 heterocycles. The summed E-state index contributed by atoms with van der Waals surface area (Å²) in [7, 11) is 1.13. The number of methoxy groups -OCH3 is 1. The molecule has 0 spiro atoms. The lowest BCUT2D eigenvalue weighted by atomic mass is 10.0. The first-order chi connectivity index (χ1) is 19.7. The van der Waals surface area contributed by atoms with Gasteiger partial charge >= 0.3 is 12.1 Å². The van der Waals surface area contributed by atoms with Crippen LogP contribution in [-0.2, 0) is 28.7 Å². The smallest absolute Gasteiger partial charge is 0.407 e. The van der Waals surface area contributed by atoms with Crippen molar-refractivity contribution in [1.29, 1.82) is 0 Å². The molecule has 0 bridgehead atoms. The summed E-state index contributed by atoms with van der Waals surface area (Å²) in [6, 6.07) is 5.18. The third kappa shape index (κ3) is 6.97. The monoisotopic (exact) mass is 588 g/mol. The molecule has 2 fully saturated rings. The molecule has 3 N–H and O–H groups in total. The number of aliphatic carboxylic acids is 1. The number of fused-ring (bicyclic) bond motifs is 1. The Morgan fingerprint density at radius 1 is 1.17 bits per heavy atom. The van der Waals surface area contributed by atoms with E-state index >= 15 is 0 Å². The van der Waals surface area contributed by atoms with Gasteiger partial charge in [0.15, 0.2) is 5.78 Å². The van der Waals surface area contributed by atoms with Crippen LogP contribution in [0.3, 0.4) is 0 Å². The van der Waals surface area contributed by atoms with Crippen LogP contribution in [0, 0.1) is 0 Å². The minimum Gasteiger partial charge on any atom is -0.481 e. The van der Waals surface area contributed by atoms with Gasteiger partial charge < -0.3 is 20.5 Å². The van der Waals surface area contributed by atoms with Crippen molar-refractivity contribution in [2.75, 3.05) is 19.4 Å². The van der Waals surface area contributed by atoms with Crippen molar-refractivity contribution < 1.29 is 38.6 Å². The van der Waals surface area contributed by atoms with Crippen molar-refractivity contribution in [3.63, 3.8) is 0 Å². The minimum absolute atomic E-state index is 0.00785. The first-order valence-electron chi connectivity index (χ1n) is 12.7. The number of nitrogens with zero attached hydrogens (tertiary/aromatic N) is 6. The van der Waals surface area contributed by atoms with E-state index in [-0.39, 0.29) is 36.7 Å². The SMILES string of the molecule is COC(=O)NC1CCC(=O)N2CCCC(C(=O)NC(CC(=O)O)C(=O)CSc3nnnn3-c3ccccc3)N2C1=O. The highest BCUT2D eigenvalue weighted by atomic mass is 32.2. The number of nitrogens with one attached hydrogen (secondary N) is 2. The number of Topliss-reactive ketones (excluding diaryl/α,β-unsaturated/α-hetero) is 1. The second kappa shape index (κ2) is 13.2.